The van der Waals surface area contributed by atoms with Gasteiger partial charge in [-0.25, -0.2) is 0 Å². The van der Waals surface area contributed by atoms with Crippen molar-refractivity contribution in [1.82, 2.24) is 10.2 Å². The summed E-state index contributed by atoms with van der Waals surface area (Å²) < 4.78 is 11.2. The van der Waals surface area contributed by atoms with Crippen molar-refractivity contribution in [2.75, 3.05) is 32.8 Å². The largest absolute Gasteiger partial charge is 0.486 e. The van der Waals surface area contributed by atoms with Crippen LogP contribution in [-0.4, -0.2) is 60.9 Å². The smallest absolute Gasteiger partial charge is 0.251 e. The third-order valence-electron chi connectivity index (χ3n) is 5.10. The van der Waals surface area contributed by atoms with E-state index in [9.17, 15) is 9.90 Å². The highest BCUT2D eigenvalue weighted by atomic mass is 16.6. The molecule has 3 fully saturated rings. The number of fused-ring (bicyclic) bond motifs is 4. The van der Waals surface area contributed by atoms with E-state index in [1.165, 1.54) is 12.8 Å². The second-order valence-electron chi connectivity index (χ2n) is 6.61. The van der Waals surface area contributed by atoms with Gasteiger partial charge in [-0.1, -0.05) is 0 Å². The Bertz CT molecular complexity index is 598. The SMILES string of the molecule is O=C(N[C@H]1CN2CCC1CC2)c1ccc2c(c1)O[C@H](CO)CO2. The number of hydrogen-bond acceptors (Lipinski definition) is 5. The van der Waals surface area contributed by atoms with Crippen LogP contribution in [0.1, 0.15) is 23.2 Å². The van der Waals surface area contributed by atoms with Gasteiger partial charge >= 0.3 is 0 Å². The van der Waals surface area contributed by atoms with Crippen LogP contribution in [0.15, 0.2) is 18.2 Å². The molecule has 5 rings (SSSR count). The van der Waals surface area contributed by atoms with Crippen LogP contribution in [0.3, 0.4) is 0 Å². The molecule has 1 aromatic carbocycles. The average molecular weight is 318 g/mol. The van der Waals surface area contributed by atoms with E-state index in [0.29, 0.717) is 29.6 Å². The van der Waals surface area contributed by atoms with Crippen LogP contribution in [0.25, 0.3) is 0 Å². The molecule has 6 nitrogen and oxygen atoms in total. The zero-order valence-corrected chi connectivity index (χ0v) is 13.0. The fraction of sp³-hybridized carbons (Fsp3) is 0.588. The first kappa shape index (κ1) is 14.8. The van der Waals surface area contributed by atoms with Gasteiger partial charge in [0.05, 0.1) is 6.61 Å². The van der Waals surface area contributed by atoms with Crippen molar-refractivity contribution in [1.29, 1.82) is 0 Å². The fourth-order valence-electron chi connectivity index (χ4n) is 3.73. The number of aliphatic hydroxyl groups excluding tert-OH is 1. The van der Waals surface area contributed by atoms with E-state index in [-0.39, 0.29) is 24.7 Å². The molecule has 2 bridgehead atoms. The predicted octanol–water partition coefficient (Wildman–Crippen LogP) is 0.643. The van der Waals surface area contributed by atoms with Gasteiger partial charge in [-0.2, -0.15) is 0 Å². The van der Waals surface area contributed by atoms with E-state index in [1.54, 1.807) is 18.2 Å². The average Bonchev–Trinajstić information content (AvgIpc) is 2.61. The number of aliphatic hydroxyl groups is 1. The molecular formula is C17H22N2O4. The number of carbonyl (C=O) groups is 1. The van der Waals surface area contributed by atoms with E-state index < -0.39 is 0 Å². The van der Waals surface area contributed by atoms with Crippen LogP contribution in [0.4, 0.5) is 0 Å². The van der Waals surface area contributed by atoms with E-state index in [1.807, 2.05) is 0 Å². The maximum absolute atomic E-state index is 12.6. The van der Waals surface area contributed by atoms with E-state index in [2.05, 4.69) is 10.2 Å². The summed E-state index contributed by atoms with van der Waals surface area (Å²) in [6, 6.07) is 5.46. The molecule has 4 aliphatic heterocycles. The van der Waals surface area contributed by atoms with Gasteiger partial charge < -0.3 is 24.8 Å². The van der Waals surface area contributed by atoms with Crippen molar-refractivity contribution in [2.45, 2.75) is 25.0 Å². The van der Waals surface area contributed by atoms with Crippen molar-refractivity contribution in [3.8, 4) is 11.5 Å². The zero-order valence-electron chi connectivity index (χ0n) is 13.0. The fourth-order valence-corrected chi connectivity index (χ4v) is 3.73. The zero-order chi connectivity index (χ0) is 15.8. The number of benzene rings is 1. The summed E-state index contributed by atoms with van der Waals surface area (Å²) >= 11 is 0. The third-order valence-corrected chi connectivity index (χ3v) is 5.10. The summed E-state index contributed by atoms with van der Waals surface area (Å²) in [6.07, 6.45) is 1.97. The van der Waals surface area contributed by atoms with E-state index in [4.69, 9.17) is 9.47 Å². The molecule has 2 atom stereocenters. The lowest BCUT2D eigenvalue weighted by molar-refractivity contribution is 0.0454. The number of ether oxygens (including phenoxy) is 2. The maximum atomic E-state index is 12.6. The minimum atomic E-state index is -0.373. The Balaban J connectivity index is 1.46. The Kier molecular flexibility index (Phi) is 3.87. The molecule has 3 saturated heterocycles. The summed E-state index contributed by atoms with van der Waals surface area (Å²) in [5.74, 6) is 1.67. The standard InChI is InChI=1S/C17H22N2O4/c20-9-13-10-22-15-2-1-12(7-16(15)23-13)17(21)18-14-8-19-5-3-11(14)4-6-19/h1-2,7,11,13-14,20H,3-6,8-10H2,(H,18,21)/t13-,14+/m1/s1. The Morgan fingerprint density at radius 2 is 2.13 bits per heavy atom. The molecule has 0 unspecified atom stereocenters. The van der Waals surface area contributed by atoms with Crippen molar-refractivity contribution in [3.63, 3.8) is 0 Å². The van der Waals surface area contributed by atoms with Crippen LogP contribution in [0, 0.1) is 5.92 Å². The molecule has 0 spiro atoms. The van der Waals surface area contributed by atoms with Crippen molar-refractivity contribution >= 4 is 5.91 Å². The minimum Gasteiger partial charge on any atom is -0.486 e. The second-order valence-corrected chi connectivity index (χ2v) is 6.61. The summed E-state index contributed by atoms with van der Waals surface area (Å²) in [4.78, 5) is 15.0. The van der Waals surface area contributed by atoms with E-state index >= 15 is 0 Å². The van der Waals surface area contributed by atoms with Gasteiger partial charge in [-0.3, -0.25) is 4.79 Å². The summed E-state index contributed by atoms with van der Waals surface area (Å²) in [5, 5.41) is 12.4. The molecule has 23 heavy (non-hydrogen) atoms. The van der Waals surface area contributed by atoms with Crippen LogP contribution in [0.5, 0.6) is 11.5 Å². The molecular weight excluding hydrogens is 296 g/mol. The molecule has 0 aromatic heterocycles. The van der Waals surface area contributed by atoms with Gasteiger partial charge in [0.25, 0.3) is 5.91 Å². The van der Waals surface area contributed by atoms with Crippen molar-refractivity contribution in [3.05, 3.63) is 23.8 Å². The molecule has 4 aliphatic rings. The first-order chi connectivity index (χ1) is 11.2. The number of nitrogens with zero attached hydrogens (tertiary/aromatic N) is 1. The highest BCUT2D eigenvalue weighted by Crippen LogP contribution is 2.33. The maximum Gasteiger partial charge on any atom is 0.251 e. The Morgan fingerprint density at radius 1 is 1.30 bits per heavy atom. The summed E-state index contributed by atoms with van der Waals surface area (Å²) in [5.41, 5.74) is 0.572. The minimum absolute atomic E-state index is 0.0683. The van der Waals surface area contributed by atoms with Gasteiger partial charge in [0, 0.05) is 18.2 Å². The van der Waals surface area contributed by atoms with Crippen LogP contribution in [0.2, 0.25) is 0 Å². The van der Waals surface area contributed by atoms with Crippen LogP contribution in [-0.2, 0) is 0 Å². The number of amides is 1. The third kappa shape index (κ3) is 2.88. The van der Waals surface area contributed by atoms with Crippen molar-refractivity contribution < 1.29 is 19.4 Å². The molecule has 4 heterocycles. The van der Waals surface area contributed by atoms with Gasteiger partial charge in [-0.15, -0.1) is 0 Å². The summed E-state index contributed by atoms with van der Waals surface area (Å²) in [7, 11) is 0. The quantitative estimate of drug-likeness (QED) is 0.856. The van der Waals surface area contributed by atoms with Gasteiger partial charge in [0.1, 0.15) is 6.61 Å². The molecule has 124 valence electrons. The number of rotatable bonds is 3. The normalized spacial score (nSPS) is 31.7. The van der Waals surface area contributed by atoms with Gasteiger partial charge in [0.2, 0.25) is 0 Å². The molecule has 1 aromatic rings. The number of hydrogen-bond donors (Lipinski definition) is 2. The van der Waals surface area contributed by atoms with Gasteiger partial charge in [-0.05, 0) is 50.0 Å². The molecule has 0 aliphatic carbocycles. The first-order valence-electron chi connectivity index (χ1n) is 8.30. The lowest BCUT2D eigenvalue weighted by Crippen LogP contribution is -2.57. The predicted molar refractivity (Wildman–Crippen MR) is 83.9 cm³/mol. The lowest BCUT2D eigenvalue weighted by Gasteiger charge is -2.44. The number of nitrogens with one attached hydrogen (secondary N) is 1. The monoisotopic (exact) mass is 318 g/mol. The lowest BCUT2D eigenvalue weighted by atomic mass is 9.84. The molecule has 0 radical (unpaired) electrons. The Morgan fingerprint density at radius 3 is 2.83 bits per heavy atom. The molecule has 1 amide bonds. The van der Waals surface area contributed by atoms with Crippen LogP contribution < -0.4 is 14.8 Å². The first-order valence-corrected chi connectivity index (χ1v) is 8.30. The molecule has 6 heteroatoms. The number of piperidine rings is 3. The van der Waals surface area contributed by atoms with Gasteiger partial charge in [0.15, 0.2) is 17.6 Å². The van der Waals surface area contributed by atoms with Crippen LogP contribution >= 0.6 is 0 Å². The second kappa shape index (κ2) is 6.02. The Hall–Kier alpha value is -1.79. The molecule has 0 saturated carbocycles. The van der Waals surface area contributed by atoms with Crippen molar-refractivity contribution in [2.24, 2.45) is 5.92 Å². The highest BCUT2D eigenvalue weighted by molar-refractivity contribution is 5.95. The highest BCUT2D eigenvalue weighted by Gasteiger charge is 2.35. The molecule has 2 N–H and O–H groups in total. The topological polar surface area (TPSA) is 71.0 Å². The van der Waals surface area contributed by atoms with E-state index in [0.717, 1.165) is 19.6 Å². The Labute approximate surface area is 135 Å². The summed E-state index contributed by atoms with van der Waals surface area (Å²) in [6.45, 7) is 3.49. The number of carbonyl (C=O) groups excluding carboxylic acids is 1.